The fourth-order valence-corrected chi connectivity index (χ4v) is 18.1. The van der Waals surface area contributed by atoms with Gasteiger partial charge < -0.3 is 51.9 Å². The number of hydrogen-bond donors (Lipinski definition) is 1. The van der Waals surface area contributed by atoms with Crippen LogP contribution in [0.1, 0.15) is 173 Å². The topological polar surface area (TPSA) is 198 Å². The SMILES string of the molecule is CCCCCCCC(=O)O[C@H]1/C(=C/C(=O)OC)C[C@H]2C[C@H](CO[Si](C)(C)C(C)(C)C)OC(=O)C[C@H](O[Si](c3ccccc3)(c3ccccc3)C(C)(C)C)C[C@@H]3C[C@H](OC(C)=O)C(C)(C)C(OC)(C[C@@H]4CC(=O)C[C@H](/C=C/C(C)(C)[C@]1(O)O2)O4)O3. The highest BCUT2D eigenvalue weighted by Gasteiger charge is 2.61. The van der Waals surface area contributed by atoms with Crippen molar-refractivity contribution in [3.8, 4) is 0 Å². The number of carbonyl (C=O) groups excluding carboxylic acids is 5. The fraction of sp³-hybridized carbons (Fsp3) is 0.682. The van der Waals surface area contributed by atoms with Crippen LogP contribution in [0.3, 0.4) is 0 Å². The van der Waals surface area contributed by atoms with Crippen LogP contribution in [0, 0.1) is 10.8 Å². The Morgan fingerprint density at radius 2 is 1.39 bits per heavy atom. The molecule has 0 spiro atoms. The summed E-state index contributed by atoms with van der Waals surface area (Å²) in [6.07, 6.45) is 1.76. The van der Waals surface area contributed by atoms with Crippen molar-refractivity contribution in [2.24, 2.45) is 10.8 Å². The zero-order valence-electron chi connectivity index (χ0n) is 53.3. The maximum absolute atomic E-state index is 15.4. The molecular weight excluding hydrogens is 1100 g/mol. The van der Waals surface area contributed by atoms with Gasteiger partial charge in [-0.05, 0) is 58.4 Å². The van der Waals surface area contributed by atoms with E-state index in [-0.39, 0.29) is 80.8 Å². The molecule has 1 N–H and O–H groups in total. The smallest absolute Gasteiger partial charge is 0.330 e. The summed E-state index contributed by atoms with van der Waals surface area (Å²) in [5, 5.41) is 14.7. The van der Waals surface area contributed by atoms with Crippen LogP contribution in [0.5, 0.6) is 0 Å². The van der Waals surface area contributed by atoms with Crippen LogP contribution in [-0.4, -0.2) is 133 Å². The molecule has 0 saturated carbocycles. The van der Waals surface area contributed by atoms with Crippen LogP contribution >= 0.6 is 0 Å². The summed E-state index contributed by atoms with van der Waals surface area (Å²) in [5.41, 5.74) is -2.24. The molecule has 0 amide bonds. The number of unbranched alkanes of at least 4 members (excludes halogenated alkanes) is 4. The predicted molar refractivity (Wildman–Crippen MR) is 326 cm³/mol. The summed E-state index contributed by atoms with van der Waals surface area (Å²) in [5.74, 6) is -6.41. The van der Waals surface area contributed by atoms with E-state index in [1.54, 1.807) is 26.0 Å². The normalized spacial score (nSPS) is 29.9. The largest absolute Gasteiger partial charge is 0.466 e. The second kappa shape index (κ2) is 28.2. The lowest BCUT2D eigenvalue weighted by atomic mass is 9.70. The molecule has 18 heteroatoms. The van der Waals surface area contributed by atoms with Gasteiger partial charge in [0.1, 0.15) is 18.0 Å². The second-order valence-corrected chi connectivity index (χ2v) is 36.5. The molecule has 2 aromatic rings. The molecule has 468 valence electrons. The van der Waals surface area contributed by atoms with E-state index in [0.29, 0.717) is 6.42 Å². The highest BCUT2D eigenvalue weighted by molar-refractivity contribution is 6.99. The first kappa shape index (κ1) is 68.7. The minimum Gasteiger partial charge on any atom is -0.466 e. The van der Waals surface area contributed by atoms with Gasteiger partial charge in [-0.1, -0.05) is 175 Å². The first-order valence-electron chi connectivity index (χ1n) is 30.5. The number of esters is 4. The number of hydrogen-bond acceptors (Lipinski definition) is 16. The lowest BCUT2D eigenvalue weighted by Crippen LogP contribution is -2.68. The Hall–Kier alpha value is -4.38. The lowest BCUT2D eigenvalue weighted by Gasteiger charge is -2.55. The standard InChI is InChI=1S/C66H100O16Si2/c1-17-18-19-20-27-32-57(69)79-60-46(36-58(70)73-13)35-49-40-53(44-75-83(15,16)61(3,4)5)78-59(71)42-51(82-84(62(6,7)8,54-28-23-21-24-29-54)55-30-25-22-26-31-55)39-50-41-56(76-45(2)67)64(11,12)65(74-14,80-50)43-52-38-47(68)37-48(77-52)33-34-63(9,10)66(60,72)81-49/h21-26,28-31,33-34,36,48-53,56,60,72H,17-20,27,32,35,37-44H2,1-16H3/b34-33+,46-36+/t48-,49-,50+,51+,52-,53+,56-,60-,65?,66+/m0/s1. The van der Waals surface area contributed by atoms with E-state index in [0.717, 1.165) is 36.1 Å². The highest BCUT2D eigenvalue weighted by atomic mass is 28.4. The van der Waals surface area contributed by atoms with Crippen LogP contribution in [0.15, 0.2) is 84.5 Å². The second-order valence-electron chi connectivity index (χ2n) is 27.5. The molecule has 3 fully saturated rings. The fourth-order valence-electron chi connectivity index (χ4n) is 12.4. The molecule has 10 atom stereocenters. The number of carbonyl (C=O) groups is 5. The minimum atomic E-state index is -3.44. The minimum absolute atomic E-state index is 0.0143. The molecular formula is C66H100O16Si2. The van der Waals surface area contributed by atoms with Crippen molar-refractivity contribution in [3.63, 3.8) is 0 Å². The molecule has 4 aliphatic heterocycles. The molecule has 4 heterocycles. The van der Waals surface area contributed by atoms with Gasteiger partial charge in [-0.3, -0.25) is 19.2 Å². The van der Waals surface area contributed by atoms with E-state index in [1.807, 2.05) is 50.2 Å². The van der Waals surface area contributed by atoms with Crippen LogP contribution in [-0.2, 0) is 70.7 Å². The Morgan fingerprint density at radius 3 is 1.96 bits per heavy atom. The van der Waals surface area contributed by atoms with Crippen molar-refractivity contribution in [1.29, 1.82) is 0 Å². The van der Waals surface area contributed by atoms with Gasteiger partial charge in [-0.25, -0.2) is 4.79 Å². The number of cyclic esters (lactones) is 1. The lowest BCUT2D eigenvalue weighted by molar-refractivity contribution is -0.358. The summed E-state index contributed by atoms with van der Waals surface area (Å²) in [6, 6.07) is 20.2. The van der Waals surface area contributed by atoms with Crippen molar-refractivity contribution in [2.45, 2.75) is 257 Å². The average Bonchev–Trinajstić information content (AvgIpc) is 1.05. The van der Waals surface area contributed by atoms with Gasteiger partial charge in [0.05, 0.1) is 56.1 Å². The van der Waals surface area contributed by atoms with Crippen LogP contribution in [0.2, 0.25) is 23.2 Å². The number of rotatable bonds is 17. The summed E-state index contributed by atoms with van der Waals surface area (Å²) in [7, 11) is -3.20. The van der Waals surface area contributed by atoms with E-state index in [9.17, 15) is 24.3 Å². The number of Topliss-reactive ketones (excluding diaryl/α,β-unsaturated/α-hetero) is 1. The van der Waals surface area contributed by atoms with E-state index in [4.69, 9.17) is 46.7 Å². The first-order chi connectivity index (χ1) is 39.2. The molecule has 3 saturated heterocycles. The zero-order chi connectivity index (χ0) is 62.1. The molecule has 0 aliphatic carbocycles. The third-order valence-corrected chi connectivity index (χ3v) is 27.9. The van der Waals surface area contributed by atoms with E-state index >= 15 is 4.79 Å². The van der Waals surface area contributed by atoms with Crippen molar-refractivity contribution in [1.82, 2.24) is 0 Å². The Labute approximate surface area is 503 Å². The Morgan fingerprint density at radius 1 is 0.762 bits per heavy atom. The highest BCUT2D eigenvalue weighted by Crippen LogP contribution is 2.52. The third-order valence-electron chi connectivity index (χ3n) is 18.3. The van der Waals surface area contributed by atoms with Crippen LogP contribution in [0.25, 0.3) is 0 Å². The zero-order valence-corrected chi connectivity index (χ0v) is 55.3. The summed E-state index contributed by atoms with van der Waals surface area (Å²) < 4.78 is 66.8. The number of ether oxygens (including phenoxy) is 8. The molecule has 4 aliphatic rings. The van der Waals surface area contributed by atoms with Gasteiger partial charge in [0.2, 0.25) is 5.79 Å². The van der Waals surface area contributed by atoms with Gasteiger partial charge in [-0.15, -0.1) is 0 Å². The molecule has 0 aromatic heterocycles. The maximum Gasteiger partial charge on any atom is 0.330 e. The average molecular weight is 1210 g/mol. The van der Waals surface area contributed by atoms with Gasteiger partial charge >= 0.3 is 23.9 Å². The molecule has 6 rings (SSSR count). The number of methoxy groups -OCH3 is 2. The molecule has 84 heavy (non-hydrogen) atoms. The number of ketones is 1. The summed E-state index contributed by atoms with van der Waals surface area (Å²) in [6.45, 7) is 27.8. The van der Waals surface area contributed by atoms with E-state index in [1.165, 1.54) is 27.2 Å². The summed E-state index contributed by atoms with van der Waals surface area (Å²) >= 11 is 0. The monoisotopic (exact) mass is 1200 g/mol. The van der Waals surface area contributed by atoms with Crippen LogP contribution in [0.4, 0.5) is 0 Å². The molecule has 16 nitrogen and oxygen atoms in total. The predicted octanol–water partition coefficient (Wildman–Crippen LogP) is 11.1. The van der Waals surface area contributed by atoms with Crippen molar-refractivity contribution in [2.75, 3.05) is 20.8 Å². The van der Waals surface area contributed by atoms with Gasteiger partial charge in [0, 0.05) is 64.0 Å². The Balaban J connectivity index is 1.57. The molecule has 6 bridgehead atoms. The van der Waals surface area contributed by atoms with E-state index < -0.39 is 117 Å². The van der Waals surface area contributed by atoms with Gasteiger partial charge in [-0.2, -0.15) is 0 Å². The van der Waals surface area contributed by atoms with Crippen molar-refractivity contribution in [3.05, 3.63) is 84.5 Å². The van der Waals surface area contributed by atoms with Crippen molar-refractivity contribution < 1.29 is 75.8 Å². The molecule has 0 radical (unpaired) electrons. The third kappa shape index (κ3) is 16.2. The maximum atomic E-state index is 15.4. The van der Waals surface area contributed by atoms with Gasteiger partial charge in [0.25, 0.3) is 8.32 Å². The first-order valence-corrected chi connectivity index (χ1v) is 35.3. The van der Waals surface area contributed by atoms with Crippen LogP contribution < -0.4 is 10.4 Å². The molecule has 2 aromatic carbocycles. The quantitative estimate of drug-likeness (QED) is 0.0391. The Bertz CT molecular complexity index is 2560. The number of aliphatic hydroxyl groups is 1. The Kier molecular flexibility index (Phi) is 23.1. The van der Waals surface area contributed by atoms with E-state index in [2.05, 4.69) is 85.8 Å². The van der Waals surface area contributed by atoms with Crippen molar-refractivity contribution >= 4 is 56.7 Å². The molecule has 1 unspecified atom stereocenters. The number of benzene rings is 2. The number of fused-ring (bicyclic) bond motifs is 6. The summed E-state index contributed by atoms with van der Waals surface area (Å²) in [4.78, 5) is 69.9. The van der Waals surface area contributed by atoms with Gasteiger partial charge in [0.15, 0.2) is 20.2 Å².